The molecule has 0 radical (unpaired) electrons. The summed E-state index contributed by atoms with van der Waals surface area (Å²) >= 11 is 13.6. The molecule has 0 aromatic heterocycles. The molecule has 190 valence electrons. The summed E-state index contributed by atoms with van der Waals surface area (Å²) in [5, 5.41) is 4.23. The summed E-state index contributed by atoms with van der Waals surface area (Å²) in [6.07, 6.45) is 6.06. The van der Waals surface area contributed by atoms with Gasteiger partial charge in [0.15, 0.2) is 0 Å². The van der Waals surface area contributed by atoms with Gasteiger partial charge in [0.05, 0.1) is 22.9 Å². The van der Waals surface area contributed by atoms with Crippen molar-refractivity contribution < 1.29 is 14.3 Å². The summed E-state index contributed by atoms with van der Waals surface area (Å²) in [6.45, 7) is 2.31. The van der Waals surface area contributed by atoms with E-state index in [9.17, 15) is 9.59 Å². The summed E-state index contributed by atoms with van der Waals surface area (Å²) in [5.41, 5.74) is 1.93. The number of benzene rings is 2. The van der Waals surface area contributed by atoms with E-state index in [0.29, 0.717) is 28.8 Å². The Morgan fingerprint density at radius 3 is 2.54 bits per heavy atom. The van der Waals surface area contributed by atoms with Gasteiger partial charge in [0, 0.05) is 18.3 Å². The van der Waals surface area contributed by atoms with E-state index in [-0.39, 0.29) is 23.6 Å². The van der Waals surface area contributed by atoms with Crippen LogP contribution in [0.3, 0.4) is 0 Å². The van der Waals surface area contributed by atoms with E-state index in [1.54, 1.807) is 18.1 Å². The van der Waals surface area contributed by atoms with Crippen LogP contribution < -0.4 is 10.1 Å². The molecule has 0 bridgehead atoms. The molecule has 1 saturated carbocycles. The SMILES string of the molecule is CCC(C(=O)NC1CCCCC1)N(Cc1cccc(OC)c1)C(=O)CSCc1ccc(Cl)c(Cl)c1. The molecule has 0 heterocycles. The third-order valence-electron chi connectivity index (χ3n) is 6.30. The van der Waals surface area contributed by atoms with E-state index in [4.69, 9.17) is 27.9 Å². The van der Waals surface area contributed by atoms with Crippen molar-refractivity contribution in [3.05, 3.63) is 63.6 Å². The second kappa shape index (κ2) is 14.0. The van der Waals surface area contributed by atoms with Crippen LogP contribution in [0, 0.1) is 0 Å². The zero-order valence-electron chi connectivity index (χ0n) is 20.4. The predicted octanol–water partition coefficient (Wildman–Crippen LogP) is 6.49. The maximum atomic E-state index is 13.5. The fourth-order valence-corrected chi connectivity index (χ4v) is 5.58. The number of methoxy groups -OCH3 is 1. The minimum atomic E-state index is -0.527. The fraction of sp³-hybridized carbons (Fsp3) is 0.481. The van der Waals surface area contributed by atoms with Crippen LogP contribution in [0.25, 0.3) is 0 Å². The maximum Gasteiger partial charge on any atom is 0.243 e. The Morgan fingerprint density at radius 2 is 1.86 bits per heavy atom. The number of ether oxygens (including phenoxy) is 1. The molecule has 1 atom stereocenters. The van der Waals surface area contributed by atoms with Crippen LogP contribution in [-0.4, -0.2) is 41.7 Å². The van der Waals surface area contributed by atoms with Gasteiger partial charge in [-0.1, -0.05) is 67.6 Å². The molecular weight excluding hydrogens is 503 g/mol. The van der Waals surface area contributed by atoms with Gasteiger partial charge < -0.3 is 15.0 Å². The molecule has 2 aromatic rings. The van der Waals surface area contributed by atoms with Gasteiger partial charge in [0.2, 0.25) is 11.8 Å². The Hall–Kier alpha value is -1.89. The van der Waals surface area contributed by atoms with Crippen molar-refractivity contribution in [1.29, 1.82) is 0 Å². The zero-order chi connectivity index (χ0) is 25.2. The van der Waals surface area contributed by atoms with Crippen LogP contribution in [0.15, 0.2) is 42.5 Å². The van der Waals surface area contributed by atoms with Crippen molar-refractivity contribution in [2.24, 2.45) is 0 Å². The Morgan fingerprint density at radius 1 is 1.09 bits per heavy atom. The molecule has 1 unspecified atom stereocenters. The molecule has 2 amide bonds. The minimum Gasteiger partial charge on any atom is -0.497 e. The fourth-order valence-electron chi connectivity index (χ4n) is 4.40. The Bertz CT molecular complexity index is 998. The first-order valence-corrected chi connectivity index (χ1v) is 14.1. The molecule has 1 fully saturated rings. The number of amides is 2. The lowest BCUT2D eigenvalue weighted by molar-refractivity contribution is -0.139. The average Bonchev–Trinajstić information content (AvgIpc) is 2.86. The van der Waals surface area contributed by atoms with Crippen LogP contribution in [0.2, 0.25) is 10.0 Å². The van der Waals surface area contributed by atoms with E-state index in [1.165, 1.54) is 18.2 Å². The lowest BCUT2D eigenvalue weighted by atomic mass is 9.95. The smallest absolute Gasteiger partial charge is 0.243 e. The first-order chi connectivity index (χ1) is 16.9. The lowest BCUT2D eigenvalue weighted by Gasteiger charge is -2.32. The Balaban J connectivity index is 1.72. The molecule has 5 nitrogen and oxygen atoms in total. The van der Waals surface area contributed by atoms with Crippen molar-refractivity contribution in [2.75, 3.05) is 12.9 Å². The second-order valence-electron chi connectivity index (χ2n) is 8.88. The van der Waals surface area contributed by atoms with Crippen LogP contribution in [0.5, 0.6) is 5.75 Å². The third kappa shape index (κ3) is 8.33. The summed E-state index contributed by atoms with van der Waals surface area (Å²) in [5.74, 6) is 1.48. The summed E-state index contributed by atoms with van der Waals surface area (Å²) in [6, 6.07) is 12.8. The van der Waals surface area contributed by atoms with E-state index < -0.39 is 6.04 Å². The van der Waals surface area contributed by atoms with Crippen LogP contribution in [0.4, 0.5) is 0 Å². The highest BCUT2D eigenvalue weighted by Gasteiger charge is 2.30. The van der Waals surface area contributed by atoms with Crippen molar-refractivity contribution in [1.82, 2.24) is 10.2 Å². The van der Waals surface area contributed by atoms with Crippen molar-refractivity contribution in [3.8, 4) is 5.75 Å². The molecule has 1 aliphatic rings. The van der Waals surface area contributed by atoms with Gasteiger partial charge >= 0.3 is 0 Å². The van der Waals surface area contributed by atoms with Gasteiger partial charge in [-0.25, -0.2) is 0 Å². The monoisotopic (exact) mass is 536 g/mol. The minimum absolute atomic E-state index is 0.0647. The molecule has 1 N–H and O–H groups in total. The largest absolute Gasteiger partial charge is 0.497 e. The van der Waals surface area contributed by atoms with E-state index in [0.717, 1.165) is 42.6 Å². The number of nitrogens with zero attached hydrogens (tertiary/aromatic N) is 1. The standard InChI is InChI=1S/C27H34Cl2N2O3S/c1-3-25(27(33)30-21-9-5-4-6-10-21)31(16-19-8-7-11-22(14-19)34-2)26(32)18-35-17-20-12-13-23(28)24(29)15-20/h7-8,11-15,21,25H,3-6,9-10,16-18H2,1-2H3,(H,30,33). The summed E-state index contributed by atoms with van der Waals surface area (Å²) in [7, 11) is 1.62. The number of hydrogen-bond donors (Lipinski definition) is 1. The number of carbonyl (C=O) groups excluding carboxylic acids is 2. The number of halogens is 2. The van der Waals surface area contributed by atoms with Gasteiger partial charge in [0.1, 0.15) is 11.8 Å². The van der Waals surface area contributed by atoms with E-state index in [1.807, 2.05) is 43.3 Å². The summed E-state index contributed by atoms with van der Waals surface area (Å²) < 4.78 is 5.36. The molecule has 0 spiro atoms. The van der Waals surface area contributed by atoms with Gasteiger partial charge in [-0.15, -0.1) is 11.8 Å². The molecule has 0 aliphatic heterocycles. The number of nitrogens with one attached hydrogen (secondary N) is 1. The lowest BCUT2D eigenvalue weighted by Crippen LogP contribution is -2.52. The molecule has 35 heavy (non-hydrogen) atoms. The third-order valence-corrected chi connectivity index (χ3v) is 8.03. The quantitative estimate of drug-likeness (QED) is 0.356. The van der Waals surface area contributed by atoms with Crippen LogP contribution >= 0.6 is 35.0 Å². The highest BCUT2D eigenvalue weighted by molar-refractivity contribution is 7.99. The average molecular weight is 538 g/mol. The van der Waals surface area contributed by atoms with Crippen LogP contribution in [0.1, 0.15) is 56.6 Å². The maximum absolute atomic E-state index is 13.5. The molecule has 1 aliphatic carbocycles. The van der Waals surface area contributed by atoms with E-state index >= 15 is 0 Å². The number of carbonyl (C=O) groups is 2. The number of hydrogen-bond acceptors (Lipinski definition) is 4. The predicted molar refractivity (Wildman–Crippen MR) is 145 cm³/mol. The van der Waals surface area contributed by atoms with Crippen molar-refractivity contribution in [3.63, 3.8) is 0 Å². The van der Waals surface area contributed by atoms with E-state index in [2.05, 4.69) is 5.32 Å². The molecule has 8 heteroatoms. The molecule has 3 rings (SSSR count). The zero-order valence-corrected chi connectivity index (χ0v) is 22.7. The first kappa shape index (κ1) is 27.7. The van der Waals surface area contributed by atoms with Gasteiger partial charge in [-0.05, 0) is 54.7 Å². The number of thioether (sulfide) groups is 1. The molecular formula is C27H34Cl2N2O3S. The highest BCUT2D eigenvalue weighted by atomic mass is 35.5. The van der Waals surface area contributed by atoms with Crippen molar-refractivity contribution >= 4 is 46.8 Å². The summed E-state index contributed by atoms with van der Waals surface area (Å²) in [4.78, 5) is 28.5. The highest BCUT2D eigenvalue weighted by Crippen LogP contribution is 2.25. The Kier molecular flexibility index (Phi) is 11.1. The van der Waals surface area contributed by atoms with Gasteiger partial charge in [-0.2, -0.15) is 0 Å². The van der Waals surface area contributed by atoms with Gasteiger partial charge in [-0.3, -0.25) is 9.59 Å². The number of rotatable bonds is 11. The first-order valence-electron chi connectivity index (χ1n) is 12.2. The second-order valence-corrected chi connectivity index (χ2v) is 10.7. The Labute approximate surface area is 222 Å². The van der Waals surface area contributed by atoms with Crippen LogP contribution in [-0.2, 0) is 21.9 Å². The normalized spacial score (nSPS) is 14.9. The topological polar surface area (TPSA) is 58.6 Å². The van der Waals surface area contributed by atoms with Crippen molar-refractivity contribution in [2.45, 2.75) is 69.8 Å². The molecule has 2 aromatic carbocycles. The molecule has 0 saturated heterocycles. The van der Waals surface area contributed by atoms with Gasteiger partial charge in [0.25, 0.3) is 0 Å².